The lowest BCUT2D eigenvalue weighted by molar-refractivity contribution is 0.0697. The number of hydrogen-bond acceptors (Lipinski definition) is 4. The molecule has 0 bridgehead atoms. The summed E-state index contributed by atoms with van der Waals surface area (Å²) in [6, 6.07) is 12.8. The molecule has 0 radical (unpaired) electrons. The van der Waals surface area contributed by atoms with Gasteiger partial charge in [0.2, 0.25) is 0 Å². The minimum Gasteiger partial charge on any atom is -0.507 e. The summed E-state index contributed by atoms with van der Waals surface area (Å²) >= 11 is 6.57. The lowest BCUT2D eigenvalue weighted by atomic mass is 9.91. The van der Waals surface area contributed by atoms with Gasteiger partial charge in [-0.25, -0.2) is 4.79 Å². The Morgan fingerprint density at radius 3 is 2.41 bits per heavy atom. The second-order valence-electron chi connectivity index (χ2n) is 5.86. The van der Waals surface area contributed by atoms with E-state index in [-0.39, 0.29) is 27.0 Å². The molecule has 2 N–H and O–H groups in total. The SMILES string of the molecule is O=C(O)c1ccccc1-c1c2ccc(=O)c(Br)c-2oc2c(Br)c(O)ccc12. The molecule has 1 aliphatic heterocycles. The van der Waals surface area contributed by atoms with E-state index < -0.39 is 5.97 Å². The molecule has 134 valence electrons. The number of fused-ring (bicyclic) bond motifs is 2. The highest BCUT2D eigenvalue weighted by molar-refractivity contribution is 9.11. The van der Waals surface area contributed by atoms with Gasteiger partial charge in [-0.1, -0.05) is 18.2 Å². The molecule has 0 saturated heterocycles. The van der Waals surface area contributed by atoms with Crippen LogP contribution in [-0.4, -0.2) is 16.2 Å². The third-order valence-electron chi connectivity index (χ3n) is 4.31. The van der Waals surface area contributed by atoms with Crippen LogP contribution in [0.25, 0.3) is 33.4 Å². The Morgan fingerprint density at radius 2 is 1.67 bits per heavy atom. The first kappa shape index (κ1) is 17.8. The smallest absolute Gasteiger partial charge is 0.336 e. The summed E-state index contributed by atoms with van der Waals surface area (Å²) in [4.78, 5) is 23.9. The van der Waals surface area contributed by atoms with Gasteiger partial charge in [0.05, 0.1) is 5.56 Å². The lowest BCUT2D eigenvalue weighted by Gasteiger charge is -2.18. The summed E-state index contributed by atoms with van der Waals surface area (Å²) in [5.41, 5.74) is 1.84. The van der Waals surface area contributed by atoms with E-state index in [1.165, 1.54) is 18.2 Å². The van der Waals surface area contributed by atoms with E-state index in [1.807, 2.05) is 0 Å². The van der Waals surface area contributed by atoms with Gasteiger partial charge in [-0.15, -0.1) is 0 Å². The number of halogens is 2. The predicted molar refractivity (Wildman–Crippen MR) is 109 cm³/mol. The minimum absolute atomic E-state index is 0.0301. The van der Waals surface area contributed by atoms with E-state index in [9.17, 15) is 19.8 Å². The largest absolute Gasteiger partial charge is 0.507 e. The fourth-order valence-electron chi connectivity index (χ4n) is 3.10. The van der Waals surface area contributed by atoms with Crippen LogP contribution in [0.15, 0.2) is 66.7 Å². The Morgan fingerprint density at radius 1 is 0.926 bits per heavy atom. The van der Waals surface area contributed by atoms with Crippen LogP contribution in [0.2, 0.25) is 0 Å². The number of hydrogen-bond donors (Lipinski definition) is 2. The molecule has 27 heavy (non-hydrogen) atoms. The normalized spacial score (nSPS) is 11.2. The molecule has 1 heterocycles. The zero-order chi connectivity index (χ0) is 19.3. The van der Waals surface area contributed by atoms with Crippen LogP contribution >= 0.6 is 31.9 Å². The molecule has 0 amide bonds. The van der Waals surface area contributed by atoms with Gasteiger partial charge in [-0.2, -0.15) is 0 Å². The van der Waals surface area contributed by atoms with Crippen molar-refractivity contribution in [3.63, 3.8) is 0 Å². The Bertz CT molecular complexity index is 1260. The first-order chi connectivity index (χ1) is 12.9. The van der Waals surface area contributed by atoms with Crippen LogP contribution < -0.4 is 5.43 Å². The molecule has 1 aliphatic carbocycles. The summed E-state index contributed by atoms with van der Waals surface area (Å²) in [6.07, 6.45) is 0. The topological polar surface area (TPSA) is 87.7 Å². The molecule has 0 unspecified atom stereocenters. The molecule has 2 aliphatic rings. The van der Waals surface area contributed by atoms with Crippen molar-refractivity contribution in [1.82, 2.24) is 0 Å². The summed E-state index contributed by atoms with van der Waals surface area (Å²) in [7, 11) is 0. The zero-order valence-electron chi connectivity index (χ0n) is 13.5. The lowest BCUT2D eigenvalue weighted by Crippen LogP contribution is -2.05. The van der Waals surface area contributed by atoms with Gasteiger partial charge < -0.3 is 14.6 Å². The maximum atomic E-state index is 12.1. The Labute approximate surface area is 169 Å². The van der Waals surface area contributed by atoms with Crippen molar-refractivity contribution in [2.75, 3.05) is 0 Å². The maximum absolute atomic E-state index is 12.1. The molecular weight excluding hydrogens is 480 g/mol. The number of carbonyl (C=O) groups is 1. The molecule has 0 spiro atoms. The summed E-state index contributed by atoms with van der Waals surface area (Å²) in [6.45, 7) is 0. The van der Waals surface area contributed by atoms with Crippen molar-refractivity contribution in [1.29, 1.82) is 0 Å². The van der Waals surface area contributed by atoms with E-state index in [1.54, 1.807) is 30.3 Å². The van der Waals surface area contributed by atoms with Gasteiger partial charge in [-0.3, -0.25) is 4.79 Å². The van der Waals surface area contributed by atoms with Crippen molar-refractivity contribution in [3.05, 3.63) is 73.3 Å². The zero-order valence-corrected chi connectivity index (χ0v) is 16.7. The highest BCUT2D eigenvalue weighted by Crippen LogP contribution is 2.46. The van der Waals surface area contributed by atoms with Gasteiger partial charge >= 0.3 is 5.97 Å². The summed E-state index contributed by atoms with van der Waals surface area (Å²) < 4.78 is 6.48. The molecule has 2 aromatic rings. The quantitative estimate of drug-likeness (QED) is 0.363. The maximum Gasteiger partial charge on any atom is 0.336 e. The highest BCUT2D eigenvalue weighted by Gasteiger charge is 2.25. The molecule has 7 heteroatoms. The van der Waals surface area contributed by atoms with Crippen LogP contribution in [0.5, 0.6) is 5.75 Å². The van der Waals surface area contributed by atoms with Crippen LogP contribution in [0.3, 0.4) is 0 Å². The van der Waals surface area contributed by atoms with Crippen molar-refractivity contribution >= 4 is 48.8 Å². The van der Waals surface area contributed by atoms with Crippen molar-refractivity contribution in [2.45, 2.75) is 0 Å². The van der Waals surface area contributed by atoms with Gasteiger partial charge in [0.1, 0.15) is 14.7 Å². The molecular formula is C20H10Br2O5. The molecule has 5 nitrogen and oxygen atoms in total. The van der Waals surface area contributed by atoms with E-state index in [0.717, 1.165) is 0 Å². The highest BCUT2D eigenvalue weighted by atomic mass is 79.9. The second-order valence-corrected chi connectivity index (χ2v) is 7.44. The Hall–Kier alpha value is -2.64. The van der Waals surface area contributed by atoms with Crippen molar-refractivity contribution in [2.24, 2.45) is 0 Å². The molecule has 4 rings (SSSR count). The second kappa shape index (κ2) is 6.51. The molecule has 0 saturated carbocycles. The van der Waals surface area contributed by atoms with Gasteiger partial charge in [-0.05, 0) is 67.8 Å². The molecule has 0 fully saturated rings. The number of carboxylic acid groups (broad SMARTS) is 1. The first-order valence-corrected chi connectivity index (χ1v) is 9.38. The third kappa shape index (κ3) is 2.74. The number of rotatable bonds is 2. The van der Waals surface area contributed by atoms with E-state index in [2.05, 4.69) is 31.9 Å². The predicted octanol–water partition coefficient (Wildman–Crippen LogP) is 5.49. The monoisotopic (exact) mass is 488 g/mol. The average Bonchev–Trinajstić information content (AvgIpc) is 2.66. The third-order valence-corrected chi connectivity index (χ3v) is 5.83. The van der Waals surface area contributed by atoms with Gasteiger partial charge in [0.15, 0.2) is 16.8 Å². The number of aromatic carboxylic acids is 1. The molecule has 0 aromatic heterocycles. The van der Waals surface area contributed by atoms with Gasteiger partial charge in [0.25, 0.3) is 0 Å². The Balaban J connectivity index is 2.29. The molecule has 0 atom stereocenters. The average molecular weight is 490 g/mol. The summed E-state index contributed by atoms with van der Waals surface area (Å²) in [5, 5.41) is 20.3. The van der Waals surface area contributed by atoms with Crippen LogP contribution in [-0.2, 0) is 0 Å². The van der Waals surface area contributed by atoms with Gasteiger partial charge in [0, 0.05) is 16.5 Å². The van der Waals surface area contributed by atoms with Crippen LogP contribution in [0, 0.1) is 0 Å². The van der Waals surface area contributed by atoms with E-state index in [4.69, 9.17) is 4.42 Å². The molecule has 2 aromatic carbocycles. The minimum atomic E-state index is -1.06. The van der Waals surface area contributed by atoms with Crippen LogP contribution in [0.1, 0.15) is 10.4 Å². The summed E-state index contributed by atoms with van der Waals surface area (Å²) in [5.74, 6) is -0.820. The Kier molecular flexibility index (Phi) is 4.28. The van der Waals surface area contributed by atoms with Crippen LogP contribution in [0.4, 0.5) is 0 Å². The fraction of sp³-hybridized carbons (Fsp3) is 0. The number of benzene rings is 3. The van der Waals surface area contributed by atoms with E-state index >= 15 is 0 Å². The fourth-order valence-corrected chi connectivity index (χ4v) is 3.96. The number of aromatic hydroxyl groups is 1. The van der Waals surface area contributed by atoms with Crippen molar-refractivity contribution in [3.8, 4) is 28.2 Å². The first-order valence-electron chi connectivity index (χ1n) is 7.79. The number of carboxylic acids is 1. The number of phenolic OH excluding ortho intramolecular Hbond substituents is 1. The standard InChI is InChI=1S/C20H10Br2O5/c21-16-13(23)7-5-11-15(9-3-1-2-4-10(9)20(25)26)12-6-8-14(24)17(22)19(12)27-18(11)16/h1-8,23H,(H,25,26). The number of phenols is 1. The van der Waals surface area contributed by atoms with Crippen molar-refractivity contribution < 1.29 is 19.4 Å². The van der Waals surface area contributed by atoms with E-state index in [0.29, 0.717) is 32.1 Å².